The maximum atomic E-state index is 13.7. The molecule has 180 valence electrons. The van der Waals surface area contributed by atoms with Gasteiger partial charge in [0.2, 0.25) is 11.8 Å². The lowest BCUT2D eigenvalue weighted by molar-refractivity contribution is -0.129. The van der Waals surface area contributed by atoms with Gasteiger partial charge >= 0.3 is 6.61 Å². The van der Waals surface area contributed by atoms with Crippen LogP contribution < -0.4 is 10.1 Å². The number of ether oxygens (including phenoxy) is 1. The zero-order chi connectivity index (χ0) is 24.4. The Kier molecular flexibility index (Phi) is 7.39. The second-order valence-electron chi connectivity index (χ2n) is 9.93. The van der Waals surface area contributed by atoms with Gasteiger partial charge in [-0.05, 0) is 36.1 Å². The van der Waals surface area contributed by atoms with Gasteiger partial charge in [-0.15, -0.1) is 0 Å². The molecule has 1 aliphatic heterocycles. The number of nitrogens with one attached hydrogen (secondary N) is 1. The highest BCUT2D eigenvalue weighted by molar-refractivity contribution is 6.01. The Labute approximate surface area is 194 Å². The normalized spacial score (nSPS) is 16.1. The van der Waals surface area contributed by atoms with Crippen molar-refractivity contribution in [1.82, 2.24) is 9.88 Å². The Bertz CT molecular complexity index is 989. The fourth-order valence-electron chi connectivity index (χ4n) is 4.40. The number of carbonyl (C=O) groups is 1. The van der Waals surface area contributed by atoms with Crippen LogP contribution in [0.25, 0.3) is 0 Å². The molecule has 2 N–H and O–H groups in total. The molecule has 1 aromatic carbocycles. The Balaban J connectivity index is 1.96. The lowest BCUT2D eigenvalue weighted by Gasteiger charge is -2.52. The van der Waals surface area contributed by atoms with Crippen LogP contribution in [-0.2, 0) is 10.2 Å². The third-order valence-corrected chi connectivity index (χ3v) is 6.05. The molecule has 0 spiro atoms. The van der Waals surface area contributed by atoms with Gasteiger partial charge in [-0.3, -0.25) is 9.69 Å². The first-order valence-electron chi connectivity index (χ1n) is 11.1. The summed E-state index contributed by atoms with van der Waals surface area (Å²) in [5, 5.41) is 12.5. The van der Waals surface area contributed by atoms with E-state index in [1.54, 1.807) is 13.0 Å². The highest BCUT2D eigenvalue weighted by atomic mass is 19.3. The Morgan fingerprint density at radius 3 is 2.52 bits per heavy atom. The number of likely N-dealkylation sites (tertiary alicyclic amines) is 1. The molecule has 1 saturated heterocycles. The molecule has 0 atom stereocenters. The molecule has 0 saturated carbocycles. The number of alkyl halides is 2. The number of aromatic nitrogens is 1. The van der Waals surface area contributed by atoms with Crippen molar-refractivity contribution in [3.05, 3.63) is 53.2 Å². The van der Waals surface area contributed by atoms with Crippen LogP contribution in [-0.4, -0.2) is 53.8 Å². The number of hydrogen-bond donors (Lipinski definition) is 2. The smallest absolute Gasteiger partial charge is 0.388 e. The van der Waals surface area contributed by atoms with Gasteiger partial charge in [-0.2, -0.15) is 8.78 Å². The second kappa shape index (κ2) is 9.73. The minimum atomic E-state index is -3.05. The van der Waals surface area contributed by atoms with Crippen LogP contribution >= 0.6 is 0 Å². The van der Waals surface area contributed by atoms with E-state index in [4.69, 9.17) is 0 Å². The lowest BCUT2D eigenvalue weighted by Crippen LogP contribution is -2.66. The first-order chi connectivity index (χ1) is 15.5. The van der Waals surface area contributed by atoms with Gasteiger partial charge in [0.15, 0.2) is 0 Å². The summed E-state index contributed by atoms with van der Waals surface area (Å²) < 4.78 is 30.4. The van der Waals surface area contributed by atoms with E-state index in [0.29, 0.717) is 25.3 Å². The molecule has 6 nitrogen and oxygen atoms in total. The van der Waals surface area contributed by atoms with Gasteiger partial charge in [0, 0.05) is 37.4 Å². The van der Waals surface area contributed by atoms with Crippen molar-refractivity contribution in [3.8, 4) is 5.88 Å². The number of amides is 1. The van der Waals surface area contributed by atoms with Crippen LogP contribution in [0, 0.1) is 12.3 Å². The molecule has 1 fully saturated rings. The SMILES string of the molecule is Cc1ccc(NC(=O)C2(c3ccccc3C(C)C)CN(CC(C)(C)CO)C2)c(OC(F)F)n1. The van der Waals surface area contributed by atoms with Crippen molar-refractivity contribution in [2.75, 3.05) is 31.6 Å². The summed E-state index contributed by atoms with van der Waals surface area (Å²) in [6, 6.07) is 11.0. The van der Waals surface area contributed by atoms with Crippen molar-refractivity contribution >= 4 is 11.6 Å². The number of aryl methyl sites for hydroxylation is 1. The molecular formula is C25H33F2N3O3. The molecule has 1 aliphatic rings. The topological polar surface area (TPSA) is 74.7 Å². The van der Waals surface area contributed by atoms with Gasteiger partial charge in [-0.25, -0.2) is 4.98 Å². The maximum Gasteiger partial charge on any atom is 0.388 e. The van der Waals surface area contributed by atoms with Gasteiger partial charge in [-0.1, -0.05) is 52.0 Å². The fraction of sp³-hybridized carbons (Fsp3) is 0.520. The number of anilines is 1. The molecule has 3 rings (SSSR count). The Morgan fingerprint density at radius 2 is 1.91 bits per heavy atom. The number of aliphatic hydroxyl groups excluding tert-OH is 1. The molecule has 1 aromatic heterocycles. The lowest BCUT2D eigenvalue weighted by atomic mass is 9.69. The zero-order valence-corrected chi connectivity index (χ0v) is 19.9. The molecule has 0 radical (unpaired) electrons. The molecule has 0 aliphatic carbocycles. The maximum absolute atomic E-state index is 13.7. The fourth-order valence-corrected chi connectivity index (χ4v) is 4.40. The first-order valence-corrected chi connectivity index (χ1v) is 11.1. The standard InChI is InChI=1S/C25H33F2N3O3/c1-16(2)18-8-6-7-9-19(18)25(13-30(14-25)12-24(4,5)15-31)22(32)29-20-11-10-17(3)28-21(20)33-23(26)27/h6-11,16,23,31H,12-15H2,1-5H3,(H,29,32). The molecule has 8 heteroatoms. The van der Waals surface area contributed by atoms with Gasteiger partial charge in [0.1, 0.15) is 5.69 Å². The van der Waals surface area contributed by atoms with Crippen LogP contribution in [0.4, 0.5) is 14.5 Å². The van der Waals surface area contributed by atoms with E-state index >= 15 is 0 Å². The number of halogens is 2. The third kappa shape index (κ3) is 5.50. The van der Waals surface area contributed by atoms with Crippen LogP contribution in [0.3, 0.4) is 0 Å². The van der Waals surface area contributed by atoms with Crippen LogP contribution in [0.1, 0.15) is 50.4 Å². The predicted octanol–water partition coefficient (Wildman–Crippen LogP) is 4.33. The highest BCUT2D eigenvalue weighted by Gasteiger charge is 2.52. The summed E-state index contributed by atoms with van der Waals surface area (Å²) in [6.45, 7) is 8.29. The molecular weight excluding hydrogens is 428 g/mol. The number of rotatable bonds is 9. The molecule has 0 unspecified atom stereocenters. The summed E-state index contributed by atoms with van der Waals surface area (Å²) in [5.74, 6) is -0.394. The largest absolute Gasteiger partial charge is 0.415 e. The average Bonchev–Trinajstić information content (AvgIpc) is 2.71. The Morgan fingerprint density at radius 1 is 1.24 bits per heavy atom. The van der Waals surface area contributed by atoms with E-state index in [9.17, 15) is 18.7 Å². The van der Waals surface area contributed by atoms with E-state index in [1.165, 1.54) is 6.07 Å². The quantitative estimate of drug-likeness (QED) is 0.582. The first kappa shape index (κ1) is 25.1. The highest BCUT2D eigenvalue weighted by Crippen LogP contribution is 2.41. The summed E-state index contributed by atoms with van der Waals surface area (Å²) in [4.78, 5) is 19.9. The van der Waals surface area contributed by atoms with Gasteiger partial charge < -0.3 is 15.2 Å². The van der Waals surface area contributed by atoms with Crippen LogP contribution in [0.15, 0.2) is 36.4 Å². The van der Waals surface area contributed by atoms with E-state index < -0.39 is 12.0 Å². The van der Waals surface area contributed by atoms with Crippen LogP contribution in [0.2, 0.25) is 0 Å². The number of benzene rings is 1. The van der Waals surface area contributed by atoms with Crippen molar-refractivity contribution in [1.29, 1.82) is 0 Å². The molecule has 2 aromatic rings. The molecule has 0 bridgehead atoms. The second-order valence-corrected chi connectivity index (χ2v) is 9.93. The third-order valence-electron chi connectivity index (χ3n) is 6.05. The number of pyridine rings is 1. The van der Waals surface area contributed by atoms with Gasteiger partial charge in [0.05, 0.1) is 5.41 Å². The number of carbonyl (C=O) groups excluding carboxylic acids is 1. The zero-order valence-electron chi connectivity index (χ0n) is 19.9. The van der Waals surface area contributed by atoms with Crippen molar-refractivity contribution < 1.29 is 23.4 Å². The Hall–Kier alpha value is -2.58. The van der Waals surface area contributed by atoms with Crippen molar-refractivity contribution in [2.24, 2.45) is 5.41 Å². The molecule has 1 amide bonds. The average molecular weight is 462 g/mol. The predicted molar refractivity (Wildman–Crippen MR) is 124 cm³/mol. The van der Waals surface area contributed by atoms with E-state index in [0.717, 1.165) is 11.1 Å². The number of aliphatic hydroxyl groups is 1. The van der Waals surface area contributed by atoms with E-state index in [1.807, 2.05) is 38.1 Å². The minimum Gasteiger partial charge on any atom is -0.415 e. The summed E-state index contributed by atoms with van der Waals surface area (Å²) in [6.07, 6.45) is 0. The van der Waals surface area contributed by atoms with E-state index in [2.05, 4.69) is 33.8 Å². The minimum absolute atomic E-state index is 0.0363. The van der Waals surface area contributed by atoms with Crippen molar-refractivity contribution in [2.45, 2.75) is 52.6 Å². The number of nitrogens with zero attached hydrogens (tertiary/aromatic N) is 2. The van der Waals surface area contributed by atoms with Crippen LogP contribution in [0.5, 0.6) is 5.88 Å². The van der Waals surface area contributed by atoms with Crippen molar-refractivity contribution in [3.63, 3.8) is 0 Å². The molecule has 2 heterocycles. The monoisotopic (exact) mass is 461 g/mol. The summed E-state index contributed by atoms with van der Waals surface area (Å²) in [7, 11) is 0. The summed E-state index contributed by atoms with van der Waals surface area (Å²) >= 11 is 0. The molecule has 33 heavy (non-hydrogen) atoms. The van der Waals surface area contributed by atoms with E-state index in [-0.39, 0.29) is 35.4 Å². The number of hydrogen-bond acceptors (Lipinski definition) is 5. The van der Waals surface area contributed by atoms with Gasteiger partial charge in [0.25, 0.3) is 0 Å². The summed E-state index contributed by atoms with van der Waals surface area (Å²) in [5.41, 5.74) is 1.44.